The third-order valence-corrected chi connectivity index (χ3v) is 5.96. The molecule has 7 heteroatoms. The Hall–Kier alpha value is -3.03. The summed E-state index contributed by atoms with van der Waals surface area (Å²) in [6.07, 6.45) is 0. The molecule has 0 radical (unpaired) electrons. The fourth-order valence-corrected chi connectivity index (χ4v) is 4.06. The van der Waals surface area contributed by atoms with E-state index >= 15 is 0 Å². The minimum absolute atomic E-state index is 0.0582. The number of sulfonamides is 1. The number of carbonyl (C=O) groups excluding carboxylic acids is 1. The summed E-state index contributed by atoms with van der Waals surface area (Å²) in [5.74, 6) is -0.759. The first-order valence-corrected chi connectivity index (χ1v) is 10.5. The van der Waals surface area contributed by atoms with Crippen molar-refractivity contribution in [1.29, 1.82) is 0 Å². The van der Waals surface area contributed by atoms with E-state index in [1.165, 1.54) is 18.2 Å². The van der Waals surface area contributed by atoms with Gasteiger partial charge in [-0.3, -0.25) is 4.79 Å². The number of aryl methyl sites for hydroxylation is 1. The number of halogens is 1. The fraction of sp³-hybridized carbons (Fsp3) is 0.136. The van der Waals surface area contributed by atoms with Crippen molar-refractivity contribution < 1.29 is 17.6 Å². The molecule has 29 heavy (non-hydrogen) atoms. The summed E-state index contributed by atoms with van der Waals surface area (Å²) < 4.78 is 41.0. The molecule has 1 amide bonds. The Morgan fingerprint density at radius 3 is 2.24 bits per heavy atom. The molecule has 2 N–H and O–H groups in total. The largest absolute Gasteiger partial charge is 0.348 e. The molecule has 5 nitrogen and oxygen atoms in total. The second-order valence-electron chi connectivity index (χ2n) is 6.60. The lowest BCUT2D eigenvalue weighted by Crippen LogP contribution is -2.26. The molecule has 0 saturated heterocycles. The van der Waals surface area contributed by atoms with Crippen LogP contribution in [0.25, 0.3) is 0 Å². The van der Waals surface area contributed by atoms with Gasteiger partial charge in [-0.25, -0.2) is 17.5 Å². The summed E-state index contributed by atoms with van der Waals surface area (Å²) >= 11 is 0. The molecule has 0 spiro atoms. The van der Waals surface area contributed by atoms with Crippen molar-refractivity contribution in [3.8, 4) is 0 Å². The van der Waals surface area contributed by atoms with E-state index in [1.807, 2.05) is 30.3 Å². The van der Waals surface area contributed by atoms with E-state index in [0.717, 1.165) is 11.1 Å². The average molecular weight is 412 g/mol. The predicted molar refractivity (Wildman–Crippen MR) is 109 cm³/mol. The summed E-state index contributed by atoms with van der Waals surface area (Å²) in [5.41, 5.74) is 2.35. The molecule has 0 heterocycles. The van der Waals surface area contributed by atoms with Crippen LogP contribution in [0.4, 0.5) is 4.39 Å². The molecule has 0 unspecified atom stereocenters. The lowest BCUT2D eigenvalue weighted by atomic mass is 10.1. The van der Waals surface area contributed by atoms with Crippen molar-refractivity contribution in [3.63, 3.8) is 0 Å². The van der Waals surface area contributed by atoms with Crippen molar-refractivity contribution >= 4 is 15.9 Å². The van der Waals surface area contributed by atoms with Crippen LogP contribution in [0.3, 0.4) is 0 Å². The van der Waals surface area contributed by atoms with Gasteiger partial charge in [-0.1, -0.05) is 48.5 Å². The van der Waals surface area contributed by atoms with E-state index in [9.17, 15) is 17.6 Å². The highest BCUT2D eigenvalue weighted by Gasteiger charge is 2.19. The third-order valence-electron chi connectivity index (χ3n) is 4.42. The van der Waals surface area contributed by atoms with Crippen LogP contribution in [0.5, 0.6) is 0 Å². The normalized spacial score (nSPS) is 11.2. The van der Waals surface area contributed by atoms with Crippen LogP contribution in [-0.4, -0.2) is 14.3 Å². The lowest BCUT2D eigenvalue weighted by molar-refractivity contribution is 0.0950. The maximum Gasteiger partial charge on any atom is 0.251 e. The van der Waals surface area contributed by atoms with Crippen LogP contribution in [-0.2, 0) is 23.1 Å². The molecule has 150 valence electrons. The van der Waals surface area contributed by atoms with Crippen molar-refractivity contribution in [3.05, 3.63) is 101 Å². The molecule has 0 aliphatic carbocycles. The number of amides is 1. The second kappa shape index (κ2) is 8.98. The Balaban J connectivity index is 1.72. The van der Waals surface area contributed by atoms with Crippen LogP contribution in [0.15, 0.2) is 77.7 Å². The Bertz CT molecular complexity index is 1100. The van der Waals surface area contributed by atoms with Gasteiger partial charge in [0.15, 0.2) is 0 Å². The average Bonchev–Trinajstić information content (AvgIpc) is 2.72. The molecule has 0 fully saturated rings. The van der Waals surface area contributed by atoms with Crippen LogP contribution in [0.2, 0.25) is 0 Å². The van der Waals surface area contributed by atoms with E-state index in [2.05, 4.69) is 10.0 Å². The van der Waals surface area contributed by atoms with Crippen LogP contribution in [0.1, 0.15) is 27.0 Å². The maximum atomic E-state index is 13.0. The predicted octanol–water partition coefficient (Wildman–Crippen LogP) is 3.54. The van der Waals surface area contributed by atoms with Crippen molar-refractivity contribution in [2.75, 3.05) is 0 Å². The quantitative estimate of drug-likeness (QED) is 0.623. The molecule has 0 aliphatic rings. The molecule has 0 atom stereocenters. The Morgan fingerprint density at radius 2 is 1.55 bits per heavy atom. The number of hydrogen-bond acceptors (Lipinski definition) is 3. The van der Waals surface area contributed by atoms with Gasteiger partial charge in [0.1, 0.15) is 5.82 Å². The van der Waals surface area contributed by atoms with Gasteiger partial charge in [0, 0.05) is 18.7 Å². The Morgan fingerprint density at radius 1 is 0.897 bits per heavy atom. The third kappa shape index (κ3) is 5.49. The smallest absolute Gasteiger partial charge is 0.251 e. The van der Waals surface area contributed by atoms with Gasteiger partial charge in [0.05, 0.1) is 4.90 Å². The Labute approximate surface area is 169 Å². The fourth-order valence-electron chi connectivity index (χ4n) is 2.77. The standard InChI is InChI=1S/C22H21FN2O3S/c1-16-7-10-19(22(26)24-14-18-8-11-20(23)12-9-18)13-21(16)29(27,28)25-15-17-5-3-2-4-6-17/h2-13,25H,14-15H2,1H3,(H,24,26). The topological polar surface area (TPSA) is 75.3 Å². The first kappa shape index (κ1) is 20.7. The van der Waals surface area contributed by atoms with Gasteiger partial charge >= 0.3 is 0 Å². The summed E-state index contributed by atoms with van der Waals surface area (Å²) in [4.78, 5) is 12.5. The first-order valence-electron chi connectivity index (χ1n) is 9.02. The number of benzene rings is 3. The van der Waals surface area contributed by atoms with E-state index in [-0.39, 0.29) is 29.4 Å². The van der Waals surface area contributed by atoms with Gasteiger partial charge in [-0.2, -0.15) is 0 Å². The van der Waals surface area contributed by atoms with Crippen molar-refractivity contribution in [1.82, 2.24) is 10.0 Å². The molecule has 3 aromatic carbocycles. The highest BCUT2D eigenvalue weighted by Crippen LogP contribution is 2.18. The summed E-state index contributed by atoms with van der Waals surface area (Å²) in [7, 11) is -3.79. The van der Waals surface area contributed by atoms with E-state index in [1.54, 1.807) is 31.2 Å². The molecule has 3 rings (SSSR count). The zero-order valence-corrected chi connectivity index (χ0v) is 16.7. The van der Waals surface area contributed by atoms with Gasteiger partial charge in [0.25, 0.3) is 5.91 Å². The lowest BCUT2D eigenvalue weighted by Gasteiger charge is -2.12. The molecule has 0 aromatic heterocycles. The minimum Gasteiger partial charge on any atom is -0.348 e. The monoisotopic (exact) mass is 412 g/mol. The molecule has 3 aromatic rings. The van der Waals surface area contributed by atoms with E-state index in [4.69, 9.17) is 0 Å². The van der Waals surface area contributed by atoms with Gasteiger partial charge in [-0.05, 0) is 47.9 Å². The highest BCUT2D eigenvalue weighted by molar-refractivity contribution is 7.89. The second-order valence-corrected chi connectivity index (χ2v) is 8.33. The van der Waals surface area contributed by atoms with Gasteiger partial charge < -0.3 is 5.32 Å². The molecule has 0 aliphatic heterocycles. The van der Waals surface area contributed by atoms with E-state index in [0.29, 0.717) is 5.56 Å². The van der Waals surface area contributed by atoms with Crippen LogP contribution >= 0.6 is 0 Å². The molecule has 0 saturated carbocycles. The molecule has 0 bridgehead atoms. The summed E-state index contributed by atoms with van der Waals surface area (Å²) in [5, 5.41) is 2.71. The SMILES string of the molecule is Cc1ccc(C(=O)NCc2ccc(F)cc2)cc1S(=O)(=O)NCc1ccccc1. The molecular formula is C22H21FN2O3S. The maximum absolute atomic E-state index is 13.0. The summed E-state index contributed by atoms with van der Waals surface area (Å²) in [6, 6.07) is 19.5. The Kier molecular flexibility index (Phi) is 6.41. The number of nitrogens with one attached hydrogen (secondary N) is 2. The van der Waals surface area contributed by atoms with E-state index < -0.39 is 15.9 Å². The number of carbonyl (C=O) groups is 1. The van der Waals surface area contributed by atoms with Crippen LogP contribution in [0, 0.1) is 12.7 Å². The zero-order valence-electron chi connectivity index (χ0n) is 15.9. The summed E-state index contributed by atoms with van der Waals surface area (Å²) in [6.45, 7) is 2.04. The molecular weight excluding hydrogens is 391 g/mol. The van der Waals surface area contributed by atoms with Crippen LogP contribution < -0.4 is 10.0 Å². The zero-order chi connectivity index (χ0) is 20.9. The number of rotatable bonds is 7. The van der Waals surface area contributed by atoms with Gasteiger partial charge in [-0.15, -0.1) is 0 Å². The van der Waals surface area contributed by atoms with Crippen molar-refractivity contribution in [2.45, 2.75) is 24.9 Å². The highest BCUT2D eigenvalue weighted by atomic mass is 32.2. The minimum atomic E-state index is -3.79. The van der Waals surface area contributed by atoms with Crippen molar-refractivity contribution in [2.24, 2.45) is 0 Å². The number of hydrogen-bond donors (Lipinski definition) is 2. The van der Waals surface area contributed by atoms with Gasteiger partial charge in [0.2, 0.25) is 10.0 Å². The first-order chi connectivity index (χ1) is 13.8.